The van der Waals surface area contributed by atoms with Crippen LogP contribution in [-0.4, -0.2) is 12.9 Å². The Morgan fingerprint density at radius 1 is 1.17 bits per heavy atom. The molecule has 0 saturated carbocycles. The van der Waals surface area contributed by atoms with Gasteiger partial charge in [-0.3, -0.25) is 4.79 Å². The number of carbonyl (C=O) groups is 1. The van der Waals surface area contributed by atoms with Crippen LogP contribution in [-0.2, 0) is 6.54 Å². The molecule has 0 amide bonds. The van der Waals surface area contributed by atoms with Crippen LogP contribution in [0.5, 0.6) is 5.75 Å². The lowest BCUT2D eigenvalue weighted by molar-refractivity contribution is -0.683. The molecule has 0 aliphatic carbocycles. The number of aromatic nitrogens is 1. The van der Waals surface area contributed by atoms with Gasteiger partial charge in [-0.25, -0.2) is 4.79 Å². The highest BCUT2D eigenvalue weighted by Gasteiger charge is 2.17. The Kier molecular flexibility index (Phi) is 5.13. The molecule has 0 saturated heterocycles. The number of fused-ring (bicyclic) bond motifs is 1. The van der Waals surface area contributed by atoms with E-state index < -0.39 is 5.63 Å². The summed E-state index contributed by atoms with van der Waals surface area (Å²) < 4.78 is 12.1. The molecule has 0 aliphatic rings. The van der Waals surface area contributed by atoms with Crippen molar-refractivity contribution in [3.8, 4) is 5.75 Å². The summed E-state index contributed by atoms with van der Waals surface area (Å²) in [4.78, 5) is 24.3. The van der Waals surface area contributed by atoms with Gasteiger partial charge >= 0.3 is 5.63 Å². The molecule has 2 heterocycles. The maximum absolute atomic E-state index is 12.3. The predicted molar refractivity (Wildman–Crippen MR) is 80.0 cm³/mol. The predicted octanol–water partition coefficient (Wildman–Crippen LogP) is -1.02. The lowest BCUT2D eigenvalue weighted by atomic mass is 10.1. The minimum Gasteiger partial charge on any atom is -1.00 e. The van der Waals surface area contributed by atoms with Crippen LogP contribution in [0, 0.1) is 0 Å². The van der Waals surface area contributed by atoms with Crippen molar-refractivity contribution in [2.24, 2.45) is 0 Å². The van der Waals surface area contributed by atoms with E-state index >= 15 is 0 Å². The molecule has 5 nitrogen and oxygen atoms in total. The number of ketones is 1. The number of pyridine rings is 1. The van der Waals surface area contributed by atoms with Crippen molar-refractivity contribution in [2.45, 2.75) is 6.54 Å². The summed E-state index contributed by atoms with van der Waals surface area (Å²) in [6.45, 7) is 0.0844. The zero-order chi connectivity index (χ0) is 15.5. The SMILES string of the molecule is COc1ccc2oc(=O)c(C(=O)C[n+]3ccccc3)cc2c1.[Cl-]. The number of carbonyl (C=O) groups excluding carboxylic acids is 1. The van der Waals surface area contributed by atoms with Crippen LogP contribution in [0.1, 0.15) is 10.4 Å². The van der Waals surface area contributed by atoms with E-state index in [4.69, 9.17) is 9.15 Å². The molecule has 0 fully saturated rings. The highest BCUT2D eigenvalue weighted by Crippen LogP contribution is 2.20. The molecule has 118 valence electrons. The molecule has 23 heavy (non-hydrogen) atoms. The van der Waals surface area contributed by atoms with Crippen LogP contribution >= 0.6 is 0 Å². The van der Waals surface area contributed by atoms with Gasteiger partial charge in [-0.2, -0.15) is 4.57 Å². The van der Waals surface area contributed by atoms with E-state index in [-0.39, 0.29) is 30.3 Å². The van der Waals surface area contributed by atoms with E-state index in [0.29, 0.717) is 16.7 Å². The molecule has 0 radical (unpaired) electrons. The molecule has 2 aromatic heterocycles. The molecule has 0 N–H and O–H groups in total. The number of methoxy groups -OCH3 is 1. The third-order valence-corrected chi connectivity index (χ3v) is 3.34. The number of rotatable bonds is 4. The second kappa shape index (κ2) is 7.07. The van der Waals surface area contributed by atoms with Gasteiger partial charge in [0.05, 0.1) is 7.11 Å². The van der Waals surface area contributed by atoms with E-state index in [1.807, 2.05) is 18.2 Å². The van der Waals surface area contributed by atoms with Crippen molar-refractivity contribution in [2.75, 3.05) is 7.11 Å². The lowest BCUT2D eigenvalue weighted by Gasteiger charge is -2.03. The summed E-state index contributed by atoms with van der Waals surface area (Å²) in [6, 6.07) is 12.1. The quantitative estimate of drug-likeness (QED) is 0.349. The van der Waals surface area contributed by atoms with Crippen molar-refractivity contribution in [3.05, 3.63) is 70.8 Å². The number of ether oxygens (including phenoxy) is 1. The van der Waals surface area contributed by atoms with Crippen molar-refractivity contribution < 1.29 is 30.9 Å². The molecule has 1 aromatic carbocycles. The van der Waals surface area contributed by atoms with Gasteiger partial charge in [0.15, 0.2) is 12.4 Å². The number of Topliss-reactive ketones (excluding diaryl/α,β-unsaturated/α-hetero) is 1. The first-order valence-corrected chi connectivity index (χ1v) is 6.76. The Morgan fingerprint density at radius 3 is 2.61 bits per heavy atom. The Morgan fingerprint density at radius 2 is 1.91 bits per heavy atom. The van der Waals surface area contributed by atoms with Gasteiger partial charge in [-0.15, -0.1) is 0 Å². The lowest BCUT2D eigenvalue weighted by Crippen LogP contribution is -3.00. The third kappa shape index (κ3) is 3.57. The summed E-state index contributed by atoms with van der Waals surface area (Å²) in [5.41, 5.74) is -0.161. The fourth-order valence-electron chi connectivity index (χ4n) is 2.21. The fraction of sp³-hybridized carbons (Fsp3) is 0.118. The maximum Gasteiger partial charge on any atom is 0.347 e. The van der Waals surface area contributed by atoms with Gasteiger partial charge in [0.1, 0.15) is 16.9 Å². The first-order chi connectivity index (χ1) is 10.7. The largest absolute Gasteiger partial charge is 1.00 e. The standard InChI is InChI=1S/C17H14NO4.ClH/c1-21-13-5-6-16-12(9-13)10-14(17(20)22-16)15(19)11-18-7-3-2-4-8-18;/h2-10H,11H2,1H3;1H/q+1;/p-1. The molecule has 6 heteroatoms. The Labute approximate surface area is 138 Å². The summed E-state index contributed by atoms with van der Waals surface area (Å²) in [5, 5.41) is 0.653. The van der Waals surface area contributed by atoms with Crippen LogP contribution in [0.2, 0.25) is 0 Å². The van der Waals surface area contributed by atoms with Crippen LogP contribution in [0.15, 0.2) is 64.1 Å². The fourth-order valence-corrected chi connectivity index (χ4v) is 2.21. The highest BCUT2D eigenvalue weighted by molar-refractivity contribution is 5.97. The maximum atomic E-state index is 12.3. The molecule has 0 unspecified atom stereocenters. The Hall–Kier alpha value is -2.66. The highest BCUT2D eigenvalue weighted by atomic mass is 35.5. The van der Waals surface area contributed by atoms with Crippen LogP contribution < -0.4 is 27.3 Å². The molecule has 3 aromatic rings. The van der Waals surface area contributed by atoms with Crippen molar-refractivity contribution >= 4 is 16.8 Å². The summed E-state index contributed by atoms with van der Waals surface area (Å²) in [6.07, 6.45) is 3.53. The minimum absolute atomic E-state index is 0. The van der Waals surface area contributed by atoms with Gasteiger partial charge in [0.25, 0.3) is 0 Å². The summed E-state index contributed by atoms with van der Waals surface area (Å²) in [7, 11) is 1.55. The molecule has 0 atom stereocenters. The van der Waals surface area contributed by atoms with E-state index in [1.165, 1.54) is 0 Å². The number of hydrogen-bond donors (Lipinski definition) is 0. The van der Waals surface area contributed by atoms with E-state index in [1.54, 1.807) is 48.3 Å². The average molecular weight is 332 g/mol. The normalized spacial score (nSPS) is 10.1. The zero-order valence-corrected chi connectivity index (χ0v) is 13.1. The van der Waals surface area contributed by atoms with Crippen molar-refractivity contribution in [1.29, 1.82) is 0 Å². The number of halogens is 1. The van der Waals surface area contributed by atoms with E-state index in [2.05, 4.69) is 0 Å². The summed E-state index contributed by atoms with van der Waals surface area (Å²) in [5.74, 6) is 0.340. The van der Waals surface area contributed by atoms with Gasteiger partial charge in [0, 0.05) is 17.5 Å². The molecule has 0 spiro atoms. The number of hydrogen-bond acceptors (Lipinski definition) is 4. The van der Waals surface area contributed by atoms with Crippen LogP contribution in [0.3, 0.4) is 0 Å². The van der Waals surface area contributed by atoms with Crippen LogP contribution in [0.4, 0.5) is 0 Å². The van der Waals surface area contributed by atoms with Crippen molar-refractivity contribution in [3.63, 3.8) is 0 Å². The van der Waals surface area contributed by atoms with E-state index in [0.717, 1.165) is 0 Å². The number of benzene rings is 1. The molecular weight excluding hydrogens is 318 g/mol. The van der Waals surface area contributed by atoms with Gasteiger partial charge in [-0.05, 0) is 24.3 Å². The van der Waals surface area contributed by atoms with Gasteiger partial charge in [0.2, 0.25) is 12.3 Å². The molecule has 0 bridgehead atoms. The monoisotopic (exact) mass is 331 g/mol. The zero-order valence-electron chi connectivity index (χ0n) is 12.4. The van der Waals surface area contributed by atoms with Crippen molar-refractivity contribution in [1.82, 2.24) is 0 Å². The Bertz CT molecular complexity index is 890. The van der Waals surface area contributed by atoms with Gasteiger partial charge < -0.3 is 21.6 Å². The van der Waals surface area contributed by atoms with E-state index in [9.17, 15) is 9.59 Å². The first kappa shape index (κ1) is 16.7. The van der Waals surface area contributed by atoms with Gasteiger partial charge in [-0.1, -0.05) is 6.07 Å². The topological polar surface area (TPSA) is 60.4 Å². The molecule has 0 aliphatic heterocycles. The molecule has 3 rings (SSSR count). The second-order valence-electron chi connectivity index (χ2n) is 4.82. The Balaban J connectivity index is 0.00000192. The second-order valence-corrected chi connectivity index (χ2v) is 4.82. The third-order valence-electron chi connectivity index (χ3n) is 3.34. The molecular formula is C17H14ClNO4. The minimum atomic E-state index is -0.626. The van der Waals surface area contributed by atoms with Crippen LogP contribution in [0.25, 0.3) is 11.0 Å². The summed E-state index contributed by atoms with van der Waals surface area (Å²) >= 11 is 0. The smallest absolute Gasteiger partial charge is 0.347 e. The number of nitrogens with zero attached hydrogens (tertiary/aromatic N) is 1. The average Bonchev–Trinajstić information content (AvgIpc) is 2.54. The first-order valence-electron chi connectivity index (χ1n) is 6.76.